The number of nitrogens with one attached hydrogen (secondary N) is 2. The second-order valence-corrected chi connectivity index (χ2v) is 7.12. The Labute approximate surface area is 167 Å². The van der Waals surface area contributed by atoms with Gasteiger partial charge in [-0.05, 0) is 25.1 Å². The Morgan fingerprint density at radius 1 is 1.21 bits per heavy atom. The fraction of sp³-hybridized carbons (Fsp3) is 0.300. The fourth-order valence-electron chi connectivity index (χ4n) is 3.64. The van der Waals surface area contributed by atoms with Crippen molar-refractivity contribution >= 4 is 11.6 Å². The third-order valence-electron chi connectivity index (χ3n) is 5.10. The average molecular weight is 390 g/mol. The highest BCUT2D eigenvalue weighted by molar-refractivity contribution is 5.70. The van der Waals surface area contributed by atoms with Crippen molar-refractivity contribution in [1.82, 2.24) is 34.4 Å². The van der Waals surface area contributed by atoms with Gasteiger partial charge < -0.3 is 15.4 Å². The topological polar surface area (TPSA) is 94.2 Å². The summed E-state index contributed by atoms with van der Waals surface area (Å²) in [7, 11) is 3.49. The van der Waals surface area contributed by atoms with E-state index in [9.17, 15) is 0 Å². The molecule has 1 aliphatic heterocycles. The zero-order valence-corrected chi connectivity index (χ0v) is 16.3. The summed E-state index contributed by atoms with van der Waals surface area (Å²) in [6, 6.07) is 6.39. The van der Waals surface area contributed by atoms with Gasteiger partial charge in [-0.1, -0.05) is 6.07 Å². The lowest BCUT2D eigenvalue weighted by Crippen LogP contribution is -2.22. The SMILES string of the molecule is COc1nc2ncc(-c3cccc(NC4CCNC4)n3)n2cc1-c1cnn(C)c1. The second-order valence-electron chi connectivity index (χ2n) is 7.12. The number of nitrogens with zero attached hydrogens (tertiary/aromatic N) is 6. The van der Waals surface area contributed by atoms with Gasteiger partial charge in [-0.3, -0.25) is 9.08 Å². The van der Waals surface area contributed by atoms with Gasteiger partial charge in [-0.15, -0.1) is 0 Å². The molecule has 0 aliphatic carbocycles. The highest BCUT2D eigenvalue weighted by Crippen LogP contribution is 2.30. The predicted molar refractivity (Wildman–Crippen MR) is 110 cm³/mol. The van der Waals surface area contributed by atoms with Gasteiger partial charge in [0.05, 0.1) is 36.5 Å². The summed E-state index contributed by atoms with van der Waals surface area (Å²) in [5.74, 6) is 1.93. The first-order valence-electron chi connectivity index (χ1n) is 9.57. The lowest BCUT2D eigenvalue weighted by atomic mass is 10.2. The number of imidazole rings is 1. The maximum Gasteiger partial charge on any atom is 0.237 e. The average Bonchev–Trinajstić information content (AvgIpc) is 3.48. The molecule has 1 aliphatic rings. The van der Waals surface area contributed by atoms with E-state index in [0.717, 1.165) is 47.8 Å². The molecule has 0 aromatic carbocycles. The van der Waals surface area contributed by atoms with E-state index >= 15 is 0 Å². The lowest BCUT2D eigenvalue weighted by molar-refractivity contribution is 0.400. The van der Waals surface area contributed by atoms with E-state index in [1.54, 1.807) is 24.2 Å². The molecule has 0 saturated carbocycles. The van der Waals surface area contributed by atoms with Crippen molar-refractivity contribution in [1.29, 1.82) is 0 Å². The van der Waals surface area contributed by atoms with Crippen LogP contribution in [0.25, 0.3) is 28.3 Å². The summed E-state index contributed by atoms with van der Waals surface area (Å²) in [5.41, 5.74) is 3.47. The van der Waals surface area contributed by atoms with E-state index in [1.165, 1.54) is 0 Å². The van der Waals surface area contributed by atoms with Gasteiger partial charge in [0.1, 0.15) is 5.82 Å². The molecular formula is C20H22N8O. The van der Waals surface area contributed by atoms with Crippen molar-refractivity contribution < 1.29 is 4.74 Å². The maximum absolute atomic E-state index is 5.49. The Kier molecular flexibility index (Phi) is 4.36. The first-order chi connectivity index (χ1) is 14.2. The van der Waals surface area contributed by atoms with Gasteiger partial charge in [-0.2, -0.15) is 10.1 Å². The molecule has 1 fully saturated rings. The van der Waals surface area contributed by atoms with Gasteiger partial charge in [-0.25, -0.2) is 9.97 Å². The molecule has 1 saturated heterocycles. The van der Waals surface area contributed by atoms with Crippen LogP contribution in [0.3, 0.4) is 0 Å². The first-order valence-corrected chi connectivity index (χ1v) is 9.57. The van der Waals surface area contributed by atoms with Crippen LogP contribution in [-0.2, 0) is 7.05 Å². The number of methoxy groups -OCH3 is 1. The molecule has 9 nitrogen and oxygen atoms in total. The maximum atomic E-state index is 5.49. The molecule has 4 aromatic rings. The van der Waals surface area contributed by atoms with Crippen LogP contribution in [0.15, 0.2) is 43.0 Å². The lowest BCUT2D eigenvalue weighted by Gasteiger charge is -2.13. The number of ether oxygens (including phenoxy) is 1. The number of pyridine rings is 1. The van der Waals surface area contributed by atoms with Gasteiger partial charge in [0.15, 0.2) is 0 Å². The Balaban J connectivity index is 1.57. The number of aryl methyl sites for hydroxylation is 1. The van der Waals surface area contributed by atoms with Crippen LogP contribution < -0.4 is 15.4 Å². The van der Waals surface area contributed by atoms with Gasteiger partial charge >= 0.3 is 0 Å². The number of hydrogen-bond acceptors (Lipinski definition) is 7. The molecule has 0 spiro atoms. The molecule has 1 atom stereocenters. The Hall–Kier alpha value is -3.46. The zero-order chi connectivity index (χ0) is 19.8. The van der Waals surface area contributed by atoms with E-state index < -0.39 is 0 Å². The summed E-state index contributed by atoms with van der Waals surface area (Å²) in [5, 5.41) is 11.1. The first kappa shape index (κ1) is 17.6. The summed E-state index contributed by atoms with van der Waals surface area (Å²) in [6.07, 6.45) is 8.59. The van der Waals surface area contributed by atoms with Crippen LogP contribution in [0.2, 0.25) is 0 Å². The normalized spacial score (nSPS) is 16.4. The van der Waals surface area contributed by atoms with Crippen molar-refractivity contribution in [3.8, 4) is 28.4 Å². The molecule has 2 N–H and O–H groups in total. The minimum atomic E-state index is 0.406. The van der Waals surface area contributed by atoms with Crippen LogP contribution >= 0.6 is 0 Å². The van der Waals surface area contributed by atoms with Crippen LogP contribution in [-0.4, -0.2) is 55.4 Å². The third-order valence-corrected chi connectivity index (χ3v) is 5.10. The van der Waals surface area contributed by atoms with E-state index in [1.807, 2.05) is 42.0 Å². The number of fused-ring (bicyclic) bond motifs is 1. The van der Waals surface area contributed by atoms with Crippen molar-refractivity contribution in [3.05, 3.63) is 43.0 Å². The molecule has 0 bridgehead atoms. The van der Waals surface area contributed by atoms with Crippen LogP contribution in [0, 0.1) is 0 Å². The van der Waals surface area contributed by atoms with Gasteiger partial charge in [0.25, 0.3) is 0 Å². The summed E-state index contributed by atoms with van der Waals surface area (Å²) in [6.45, 7) is 1.99. The molecule has 0 radical (unpaired) electrons. The molecule has 5 heterocycles. The van der Waals surface area contributed by atoms with Crippen molar-refractivity contribution in [3.63, 3.8) is 0 Å². The number of rotatable bonds is 5. The Bertz CT molecular complexity index is 1160. The van der Waals surface area contributed by atoms with Gasteiger partial charge in [0, 0.05) is 37.6 Å². The molecule has 9 heteroatoms. The number of aromatic nitrogens is 6. The predicted octanol–water partition coefficient (Wildman–Crippen LogP) is 1.97. The number of hydrogen-bond donors (Lipinski definition) is 2. The summed E-state index contributed by atoms with van der Waals surface area (Å²) in [4.78, 5) is 13.8. The molecular weight excluding hydrogens is 368 g/mol. The summed E-state index contributed by atoms with van der Waals surface area (Å²) >= 11 is 0. The number of anilines is 1. The van der Waals surface area contributed by atoms with E-state index in [2.05, 4.69) is 25.7 Å². The molecule has 29 heavy (non-hydrogen) atoms. The van der Waals surface area contributed by atoms with Gasteiger partial charge in [0.2, 0.25) is 11.7 Å². The van der Waals surface area contributed by atoms with Crippen molar-refractivity contribution in [2.75, 3.05) is 25.5 Å². The van der Waals surface area contributed by atoms with Crippen LogP contribution in [0.4, 0.5) is 5.82 Å². The smallest absolute Gasteiger partial charge is 0.237 e. The molecule has 148 valence electrons. The largest absolute Gasteiger partial charge is 0.480 e. The zero-order valence-electron chi connectivity index (χ0n) is 16.3. The van der Waals surface area contributed by atoms with Crippen molar-refractivity contribution in [2.45, 2.75) is 12.5 Å². The molecule has 0 amide bonds. The van der Waals surface area contributed by atoms with Crippen LogP contribution in [0.5, 0.6) is 5.88 Å². The van der Waals surface area contributed by atoms with E-state index in [4.69, 9.17) is 9.72 Å². The Morgan fingerprint density at radius 2 is 2.14 bits per heavy atom. The molecule has 5 rings (SSSR count). The minimum absolute atomic E-state index is 0.406. The molecule has 4 aromatic heterocycles. The summed E-state index contributed by atoms with van der Waals surface area (Å²) < 4.78 is 9.18. The highest BCUT2D eigenvalue weighted by atomic mass is 16.5. The van der Waals surface area contributed by atoms with E-state index in [-0.39, 0.29) is 0 Å². The third kappa shape index (κ3) is 3.29. The highest BCUT2D eigenvalue weighted by Gasteiger charge is 2.17. The van der Waals surface area contributed by atoms with Crippen molar-refractivity contribution in [2.24, 2.45) is 7.05 Å². The van der Waals surface area contributed by atoms with E-state index in [0.29, 0.717) is 17.7 Å². The minimum Gasteiger partial charge on any atom is -0.480 e. The molecule has 1 unspecified atom stereocenters. The Morgan fingerprint density at radius 3 is 2.90 bits per heavy atom. The second kappa shape index (κ2) is 7.17. The van der Waals surface area contributed by atoms with Crippen LogP contribution in [0.1, 0.15) is 6.42 Å². The monoisotopic (exact) mass is 390 g/mol. The standard InChI is InChI=1S/C20H22N8O/c1-27-11-13(8-23-27)15-12-28-17(10-22-20(28)26-19(15)29-2)16-4-3-5-18(25-16)24-14-6-7-21-9-14/h3-5,8,10-12,14,21H,6-7,9H2,1-2H3,(H,24,25). The fourth-order valence-corrected chi connectivity index (χ4v) is 3.64. The quantitative estimate of drug-likeness (QED) is 0.538.